The summed E-state index contributed by atoms with van der Waals surface area (Å²) in [5, 5.41) is 12.3. The van der Waals surface area contributed by atoms with Crippen LogP contribution in [0.1, 0.15) is 18.0 Å². The molecule has 2 unspecified atom stereocenters. The molecule has 2 aliphatic rings. The summed E-state index contributed by atoms with van der Waals surface area (Å²) in [5.41, 5.74) is 0.917. The van der Waals surface area contributed by atoms with Crippen LogP contribution < -0.4 is 19.5 Å². The number of ether oxygens (including phenoxy) is 3. The third-order valence-corrected chi connectivity index (χ3v) is 3.75. The summed E-state index contributed by atoms with van der Waals surface area (Å²) in [4.78, 5) is 11.0. The minimum absolute atomic E-state index is 0.0399. The zero-order valence-electron chi connectivity index (χ0n) is 11.2. The molecule has 1 saturated heterocycles. The van der Waals surface area contributed by atoms with Gasteiger partial charge in [-0.3, -0.25) is 4.79 Å². The fraction of sp³-hybridized carbons (Fsp3) is 0.500. The summed E-state index contributed by atoms with van der Waals surface area (Å²) in [5.74, 6) is 0.779. The number of fused-ring (bicyclic) bond motifs is 1. The van der Waals surface area contributed by atoms with Crippen LogP contribution in [0.2, 0.25) is 0 Å². The van der Waals surface area contributed by atoms with Crippen molar-refractivity contribution in [3.63, 3.8) is 0 Å². The monoisotopic (exact) mass is 279 g/mol. The molecular formula is C14H17NO5. The lowest BCUT2D eigenvalue weighted by atomic mass is 9.98. The van der Waals surface area contributed by atoms with Gasteiger partial charge < -0.3 is 24.6 Å². The highest BCUT2D eigenvalue weighted by Crippen LogP contribution is 2.45. The van der Waals surface area contributed by atoms with E-state index in [-0.39, 0.29) is 12.0 Å². The lowest BCUT2D eigenvalue weighted by molar-refractivity contribution is -0.141. The van der Waals surface area contributed by atoms with Crippen LogP contribution in [0.15, 0.2) is 12.1 Å². The molecule has 0 radical (unpaired) electrons. The van der Waals surface area contributed by atoms with E-state index in [9.17, 15) is 4.79 Å². The number of hydrogen-bond acceptors (Lipinski definition) is 5. The van der Waals surface area contributed by atoms with E-state index in [0.29, 0.717) is 43.4 Å². The molecule has 20 heavy (non-hydrogen) atoms. The number of benzene rings is 1. The van der Waals surface area contributed by atoms with E-state index < -0.39 is 5.97 Å². The first-order valence-corrected chi connectivity index (χ1v) is 6.63. The number of rotatable bonds is 3. The van der Waals surface area contributed by atoms with Crippen molar-refractivity contribution in [2.45, 2.75) is 12.5 Å². The van der Waals surface area contributed by atoms with Crippen molar-refractivity contribution in [1.82, 2.24) is 5.32 Å². The third kappa shape index (κ3) is 2.16. The van der Waals surface area contributed by atoms with Crippen LogP contribution in [0.4, 0.5) is 0 Å². The zero-order chi connectivity index (χ0) is 14.1. The van der Waals surface area contributed by atoms with Crippen molar-refractivity contribution in [3.8, 4) is 17.2 Å². The average molecular weight is 279 g/mol. The van der Waals surface area contributed by atoms with Crippen LogP contribution in [0.5, 0.6) is 17.2 Å². The number of nitrogens with one attached hydrogen (secondary N) is 1. The number of methoxy groups -OCH3 is 1. The first-order valence-electron chi connectivity index (χ1n) is 6.63. The van der Waals surface area contributed by atoms with E-state index in [1.165, 1.54) is 0 Å². The van der Waals surface area contributed by atoms with E-state index in [1.54, 1.807) is 7.11 Å². The molecule has 108 valence electrons. The molecular weight excluding hydrogens is 262 g/mol. The fourth-order valence-electron chi connectivity index (χ4n) is 2.75. The van der Waals surface area contributed by atoms with Crippen LogP contribution in [-0.4, -0.2) is 37.9 Å². The Kier molecular flexibility index (Phi) is 3.40. The van der Waals surface area contributed by atoms with E-state index >= 15 is 0 Å². The Morgan fingerprint density at radius 2 is 2.20 bits per heavy atom. The molecule has 0 spiro atoms. The Morgan fingerprint density at radius 3 is 2.90 bits per heavy atom. The predicted molar refractivity (Wildman–Crippen MR) is 70.5 cm³/mol. The van der Waals surface area contributed by atoms with E-state index in [0.717, 1.165) is 5.56 Å². The maximum atomic E-state index is 11.0. The maximum absolute atomic E-state index is 11.0. The molecule has 1 fully saturated rings. The van der Waals surface area contributed by atoms with Gasteiger partial charge in [-0.2, -0.15) is 0 Å². The maximum Gasteiger partial charge on any atom is 0.307 e. The minimum Gasteiger partial charge on any atom is -0.492 e. The molecule has 3 rings (SSSR count). The molecule has 0 amide bonds. The van der Waals surface area contributed by atoms with Crippen LogP contribution in [0.3, 0.4) is 0 Å². The molecule has 0 bridgehead atoms. The summed E-state index contributed by atoms with van der Waals surface area (Å²) in [6.45, 7) is 1.48. The van der Waals surface area contributed by atoms with E-state index in [4.69, 9.17) is 19.3 Å². The van der Waals surface area contributed by atoms with Gasteiger partial charge in [0.1, 0.15) is 13.2 Å². The Hall–Kier alpha value is -1.95. The Morgan fingerprint density at radius 1 is 1.40 bits per heavy atom. The molecule has 6 heteroatoms. The van der Waals surface area contributed by atoms with Gasteiger partial charge in [-0.25, -0.2) is 0 Å². The van der Waals surface area contributed by atoms with Gasteiger partial charge in [-0.15, -0.1) is 0 Å². The quantitative estimate of drug-likeness (QED) is 0.866. The number of carboxylic acid groups (broad SMARTS) is 1. The lowest BCUT2D eigenvalue weighted by Crippen LogP contribution is -2.19. The van der Waals surface area contributed by atoms with Gasteiger partial charge in [0.05, 0.1) is 13.0 Å². The molecule has 1 aromatic carbocycles. The fourth-order valence-corrected chi connectivity index (χ4v) is 2.75. The Bertz CT molecular complexity index is 531. The number of carboxylic acids is 1. The second-order valence-electron chi connectivity index (χ2n) is 4.94. The smallest absolute Gasteiger partial charge is 0.307 e. The predicted octanol–water partition coefficient (Wildman–Crippen LogP) is 1.20. The Balaban J connectivity index is 1.92. The summed E-state index contributed by atoms with van der Waals surface area (Å²) in [7, 11) is 1.58. The standard InChI is InChI=1S/C14H17NO5/c1-18-12-9(10-6-8(7-15-10)14(16)17)2-3-11-13(12)20-5-4-19-11/h2-3,8,10,15H,4-7H2,1H3,(H,16,17). The average Bonchev–Trinajstić information content (AvgIpc) is 2.95. The number of aliphatic carboxylic acids is 1. The molecule has 2 atom stereocenters. The van der Waals surface area contributed by atoms with Gasteiger partial charge in [-0.1, -0.05) is 0 Å². The van der Waals surface area contributed by atoms with Gasteiger partial charge in [0.25, 0.3) is 0 Å². The molecule has 0 aliphatic carbocycles. The normalized spacial score (nSPS) is 24.4. The van der Waals surface area contributed by atoms with Gasteiger partial charge in [-0.05, 0) is 18.6 Å². The first kappa shape index (κ1) is 13.1. The second kappa shape index (κ2) is 5.20. The number of carbonyl (C=O) groups is 1. The van der Waals surface area contributed by atoms with Gasteiger partial charge in [0.2, 0.25) is 5.75 Å². The molecule has 2 aliphatic heterocycles. The van der Waals surface area contributed by atoms with E-state index in [2.05, 4.69) is 5.32 Å². The second-order valence-corrected chi connectivity index (χ2v) is 4.94. The summed E-state index contributed by atoms with van der Waals surface area (Å²) < 4.78 is 16.6. The largest absolute Gasteiger partial charge is 0.492 e. The summed E-state index contributed by atoms with van der Waals surface area (Å²) in [6.07, 6.45) is 0.547. The van der Waals surface area contributed by atoms with Gasteiger partial charge >= 0.3 is 5.97 Å². The Labute approximate surface area is 116 Å². The van der Waals surface area contributed by atoms with E-state index in [1.807, 2.05) is 12.1 Å². The summed E-state index contributed by atoms with van der Waals surface area (Å²) in [6, 6.07) is 3.72. The van der Waals surface area contributed by atoms with Crippen molar-refractivity contribution in [1.29, 1.82) is 0 Å². The minimum atomic E-state index is -0.767. The molecule has 6 nitrogen and oxygen atoms in total. The van der Waals surface area contributed by atoms with Gasteiger partial charge in [0, 0.05) is 18.2 Å². The highest BCUT2D eigenvalue weighted by molar-refractivity contribution is 5.71. The molecule has 0 aromatic heterocycles. The highest BCUT2D eigenvalue weighted by Gasteiger charge is 2.33. The van der Waals surface area contributed by atoms with Crippen molar-refractivity contribution in [2.24, 2.45) is 5.92 Å². The van der Waals surface area contributed by atoms with Gasteiger partial charge in [0.15, 0.2) is 11.5 Å². The number of hydrogen-bond donors (Lipinski definition) is 2. The SMILES string of the molecule is COc1c(C2CC(C(=O)O)CN2)ccc2c1OCCO2. The van der Waals surface area contributed by atoms with Crippen LogP contribution >= 0.6 is 0 Å². The van der Waals surface area contributed by atoms with Crippen molar-refractivity contribution < 1.29 is 24.1 Å². The highest BCUT2D eigenvalue weighted by atomic mass is 16.6. The molecule has 2 N–H and O–H groups in total. The molecule has 0 saturated carbocycles. The van der Waals surface area contributed by atoms with Crippen molar-refractivity contribution >= 4 is 5.97 Å². The molecule has 1 aromatic rings. The zero-order valence-corrected chi connectivity index (χ0v) is 11.2. The van der Waals surface area contributed by atoms with Crippen LogP contribution in [0, 0.1) is 5.92 Å². The van der Waals surface area contributed by atoms with Crippen LogP contribution in [-0.2, 0) is 4.79 Å². The lowest BCUT2D eigenvalue weighted by Gasteiger charge is -2.24. The third-order valence-electron chi connectivity index (χ3n) is 3.75. The first-order chi connectivity index (χ1) is 9.70. The van der Waals surface area contributed by atoms with Crippen LogP contribution in [0.25, 0.3) is 0 Å². The van der Waals surface area contributed by atoms with Crippen molar-refractivity contribution in [3.05, 3.63) is 17.7 Å². The topological polar surface area (TPSA) is 77.0 Å². The molecule has 2 heterocycles. The van der Waals surface area contributed by atoms with Crippen molar-refractivity contribution in [2.75, 3.05) is 26.9 Å². The summed E-state index contributed by atoms with van der Waals surface area (Å²) >= 11 is 0.